The third-order valence-corrected chi connectivity index (χ3v) is 4.17. The zero-order chi connectivity index (χ0) is 24.8. The second-order valence-corrected chi connectivity index (χ2v) is 6.94. The Morgan fingerprint density at radius 2 is 1.22 bits per heavy atom. The summed E-state index contributed by atoms with van der Waals surface area (Å²) in [7, 11) is 0. The highest BCUT2D eigenvalue weighted by Gasteiger charge is 2.31. The Balaban J connectivity index is 5.50. The number of unbranched alkanes of at least 4 members (excludes halogenated alkanes) is 1. The van der Waals surface area contributed by atoms with Crippen molar-refractivity contribution in [2.45, 2.75) is 56.3 Å². The molecular formula is C17H31N7O8. The van der Waals surface area contributed by atoms with Crippen LogP contribution in [0.4, 0.5) is 0 Å². The summed E-state index contributed by atoms with van der Waals surface area (Å²) in [5, 5.41) is 24.7. The van der Waals surface area contributed by atoms with E-state index in [1.54, 1.807) is 0 Å². The van der Waals surface area contributed by atoms with Gasteiger partial charge in [-0.2, -0.15) is 0 Å². The van der Waals surface area contributed by atoms with Gasteiger partial charge in [-0.3, -0.25) is 24.0 Å². The number of rotatable bonds is 16. The van der Waals surface area contributed by atoms with E-state index in [2.05, 4.69) is 16.0 Å². The van der Waals surface area contributed by atoms with Crippen LogP contribution in [-0.2, 0) is 28.8 Å². The highest BCUT2D eigenvalue weighted by atomic mass is 16.4. The summed E-state index contributed by atoms with van der Waals surface area (Å²) in [4.78, 5) is 70.7. The molecule has 0 radical (unpaired) electrons. The molecule has 0 saturated heterocycles. The van der Waals surface area contributed by atoms with Crippen molar-refractivity contribution in [3.05, 3.63) is 0 Å². The number of primary amides is 2. The Hall–Kier alpha value is -3.30. The summed E-state index contributed by atoms with van der Waals surface area (Å²) in [6.45, 7) is -0.432. The predicted octanol–water partition coefficient (Wildman–Crippen LogP) is -5.28. The lowest BCUT2D eigenvalue weighted by Crippen LogP contribution is -2.58. The zero-order valence-corrected chi connectivity index (χ0v) is 17.4. The number of carboxylic acid groups (broad SMARTS) is 1. The predicted molar refractivity (Wildman–Crippen MR) is 109 cm³/mol. The van der Waals surface area contributed by atoms with Crippen molar-refractivity contribution in [2.24, 2.45) is 22.9 Å². The largest absolute Gasteiger partial charge is 0.480 e. The van der Waals surface area contributed by atoms with Gasteiger partial charge in [0, 0.05) is 0 Å². The molecule has 0 saturated carbocycles. The minimum atomic E-state index is -1.63. The van der Waals surface area contributed by atoms with Crippen LogP contribution < -0.4 is 38.9 Å². The normalized spacial score (nSPS) is 14.3. The Labute approximate surface area is 183 Å². The molecule has 0 rings (SSSR count). The van der Waals surface area contributed by atoms with Gasteiger partial charge in [0.05, 0.1) is 19.4 Å². The molecule has 4 atom stereocenters. The molecule has 0 aromatic rings. The smallest absolute Gasteiger partial charge is 0.326 e. The zero-order valence-electron chi connectivity index (χ0n) is 17.4. The van der Waals surface area contributed by atoms with Gasteiger partial charge < -0.3 is 49.1 Å². The number of carbonyl (C=O) groups excluding carboxylic acids is 5. The maximum absolute atomic E-state index is 12.6. The molecule has 0 aliphatic heterocycles. The van der Waals surface area contributed by atoms with Crippen LogP contribution in [0.15, 0.2) is 0 Å². The average Bonchev–Trinajstić information content (AvgIpc) is 2.70. The lowest BCUT2D eigenvalue weighted by molar-refractivity contribution is -0.144. The van der Waals surface area contributed by atoms with E-state index in [1.165, 1.54) is 0 Å². The number of aliphatic hydroxyl groups is 1. The van der Waals surface area contributed by atoms with Crippen LogP contribution in [0.1, 0.15) is 32.1 Å². The molecule has 0 spiro atoms. The first-order valence-corrected chi connectivity index (χ1v) is 9.69. The standard InChI is InChI=1S/C17H31N7O8/c18-4-2-1-3-9(15(29)24-11(17(31)32)6-13(21)27)22-16(30)10(5-12(20)26)23-14(28)8(19)7-25/h8-11,25H,1-7,18-19H2,(H2,20,26)(H2,21,27)(H,22,30)(H,23,28)(H,24,29)(H,31,32). The molecule has 4 unspecified atom stereocenters. The second kappa shape index (κ2) is 14.7. The van der Waals surface area contributed by atoms with Crippen molar-refractivity contribution in [2.75, 3.05) is 13.2 Å². The van der Waals surface area contributed by atoms with Gasteiger partial charge in [0.2, 0.25) is 29.5 Å². The van der Waals surface area contributed by atoms with Gasteiger partial charge >= 0.3 is 5.97 Å². The third-order valence-electron chi connectivity index (χ3n) is 4.17. The number of aliphatic hydroxyl groups excluding tert-OH is 1. The lowest BCUT2D eigenvalue weighted by atomic mass is 10.1. The monoisotopic (exact) mass is 461 g/mol. The summed E-state index contributed by atoms with van der Waals surface area (Å²) in [6.07, 6.45) is -0.429. The van der Waals surface area contributed by atoms with E-state index < -0.39 is 79.1 Å². The van der Waals surface area contributed by atoms with E-state index in [4.69, 9.17) is 33.1 Å². The molecular weight excluding hydrogens is 430 g/mol. The quantitative estimate of drug-likeness (QED) is 0.0983. The van der Waals surface area contributed by atoms with Crippen molar-refractivity contribution in [3.8, 4) is 0 Å². The summed E-state index contributed by atoms with van der Waals surface area (Å²) >= 11 is 0. The van der Waals surface area contributed by atoms with Gasteiger partial charge in [-0.25, -0.2) is 4.79 Å². The van der Waals surface area contributed by atoms with Crippen LogP contribution in [0.5, 0.6) is 0 Å². The van der Waals surface area contributed by atoms with Crippen LogP contribution in [0, 0.1) is 0 Å². The second-order valence-electron chi connectivity index (χ2n) is 6.94. The Bertz CT molecular complexity index is 702. The van der Waals surface area contributed by atoms with Crippen molar-refractivity contribution in [3.63, 3.8) is 0 Å². The molecule has 0 aromatic heterocycles. The number of amides is 5. The van der Waals surface area contributed by atoms with Crippen LogP contribution in [0.2, 0.25) is 0 Å². The fraction of sp³-hybridized carbons (Fsp3) is 0.647. The average molecular weight is 461 g/mol. The number of hydrogen-bond donors (Lipinski definition) is 9. The van der Waals surface area contributed by atoms with Crippen molar-refractivity contribution in [1.82, 2.24) is 16.0 Å². The Morgan fingerprint density at radius 1 is 0.750 bits per heavy atom. The highest BCUT2D eigenvalue weighted by molar-refractivity contribution is 5.96. The number of carboxylic acids is 1. The first kappa shape index (κ1) is 28.7. The van der Waals surface area contributed by atoms with Gasteiger partial charge in [0.15, 0.2) is 0 Å². The van der Waals surface area contributed by atoms with Crippen LogP contribution in [-0.4, -0.2) is 83.0 Å². The molecule has 182 valence electrons. The number of nitrogens with two attached hydrogens (primary N) is 4. The first-order chi connectivity index (χ1) is 14.9. The molecule has 5 amide bonds. The van der Waals surface area contributed by atoms with Gasteiger partial charge in [0.25, 0.3) is 0 Å². The molecule has 0 fully saturated rings. The number of carbonyl (C=O) groups is 6. The number of aliphatic carboxylic acids is 1. The molecule has 32 heavy (non-hydrogen) atoms. The van der Waals surface area contributed by atoms with E-state index in [-0.39, 0.29) is 6.42 Å². The molecule has 15 nitrogen and oxygen atoms in total. The van der Waals surface area contributed by atoms with E-state index >= 15 is 0 Å². The minimum absolute atomic E-state index is 0.0328. The fourth-order valence-corrected chi connectivity index (χ4v) is 2.48. The topological polar surface area (TPSA) is 283 Å². The summed E-state index contributed by atoms with van der Waals surface area (Å²) in [5.41, 5.74) is 20.9. The van der Waals surface area contributed by atoms with Gasteiger partial charge in [-0.15, -0.1) is 0 Å². The SMILES string of the molecule is NCCCCC(NC(=O)C(CC(N)=O)NC(=O)C(N)CO)C(=O)NC(CC(N)=O)C(=O)O. The van der Waals surface area contributed by atoms with Gasteiger partial charge in [-0.1, -0.05) is 0 Å². The molecule has 0 aliphatic rings. The van der Waals surface area contributed by atoms with Crippen molar-refractivity contribution in [1.29, 1.82) is 0 Å². The van der Waals surface area contributed by atoms with Crippen molar-refractivity contribution >= 4 is 35.5 Å². The fourth-order valence-electron chi connectivity index (χ4n) is 2.48. The Morgan fingerprint density at radius 3 is 1.69 bits per heavy atom. The summed E-state index contributed by atoms with van der Waals surface area (Å²) < 4.78 is 0. The first-order valence-electron chi connectivity index (χ1n) is 9.69. The van der Waals surface area contributed by atoms with Crippen LogP contribution in [0.25, 0.3) is 0 Å². The van der Waals surface area contributed by atoms with Gasteiger partial charge in [0.1, 0.15) is 24.2 Å². The van der Waals surface area contributed by atoms with Crippen molar-refractivity contribution < 1.29 is 39.0 Å². The third kappa shape index (κ3) is 11.2. The molecule has 0 heterocycles. The van der Waals surface area contributed by atoms with E-state index in [9.17, 15) is 28.8 Å². The molecule has 15 heteroatoms. The van der Waals surface area contributed by atoms with E-state index in [0.717, 1.165) is 0 Å². The van der Waals surface area contributed by atoms with Crippen LogP contribution in [0.3, 0.4) is 0 Å². The molecule has 0 aliphatic carbocycles. The summed E-state index contributed by atoms with van der Waals surface area (Å²) in [6, 6.07) is -5.80. The van der Waals surface area contributed by atoms with Crippen LogP contribution >= 0.6 is 0 Å². The number of hydrogen-bond acceptors (Lipinski definition) is 9. The number of nitrogens with one attached hydrogen (secondary N) is 3. The van der Waals surface area contributed by atoms with Gasteiger partial charge in [-0.05, 0) is 25.8 Å². The summed E-state index contributed by atoms with van der Waals surface area (Å²) in [5.74, 6) is -6.27. The minimum Gasteiger partial charge on any atom is -0.480 e. The molecule has 0 aromatic carbocycles. The van der Waals surface area contributed by atoms with E-state index in [0.29, 0.717) is 19.4 Å². The maximum Gasteiger partial charge on any atom is 0.326 e. The Kier molecular flexibility index (Phi) is 13.1. The molecule has 13 N–H and O–H groups in total. The lowest BCUT2D eigenvalue weighted by Gasteiger charge is -2.24. The molecule has 0 bridgehead atoms. The highest BCUT2D eigenvalue weighted by Crippen LogP contribution is 2.05. The maximum atomic E-state index is 12.6. The van der Waals surface area contributed by atoms with E-state index in [1.807, 2.05) is 0 Å².